The summed E-state index contributed by atoms with van der Waals surface area (Å²) in [5.74, 6) is 0.0591. The lowest BCUT2D eigenvalue weighted by molar-refractivity contribution is 0.0703. The van der Waals surface area contributed by atoms with E-state index in [4.69, 9.17) is 11.6 Å². The summed E-state index contributed by atoms with van der Waals surface area (Å²) in [6.07, 6.45) is 2.03. The van der Waals surface area contributed by atoms with Gasteiger partial charge in [0.25, 0.3) is 5.91 Å². The van der Waals surface area contributed by atoms with Gasteiger partial charge in [-0.05, 0) is 50.6 Å². The van der Waals surface area contributed by atoms with Crippen LogP contribution in [0.3, 0.4) is 0 Å². The van der Waals surface area contributed by atoms with Gasteiger partial charge in [0.2, 0.25) is 0 Å². The summed E-state index contributed by atoms with van der Waals surface area (Å²) in [5, 5.41) is 3.96. The van der Waals surface area contributed by atoms with E-state index in [1.165, 1.54) is 0 Å². The molecule has 1 aromatic rings. The van der Waals surface area contributed by atoms with Crippen molar-refractivity contribution in [1.29, 1.82) is 0 Å². The number of amides is 1. The molecule has 0 aliphatic carbocycles. The van der Waals surface area contributed by atoms with Crippen molar-refractivity contribution in [2.75, 3.05) is 20.1 Å². The lowest BCUT2D eigenvalue weighted by Gasteiger charge is -2.31. The number of hydrogen-bond acceptors (Lipinski definition) is 2. The van der Waals surface area contributed by atoms with Crippen molar-refractivity contribution in [3.8, 4) is 0 Å². The van der Waals surface area contributed by atoms with Crippen molar-refractivity contribution in [2.45, 2.75) is 25.8 Å². The van der Waals surface area contributed by atoms with Crippen LogP contribution < -0.4 is 5.32 Å². The Morgan fingerprint density at radius 3 is 2.58 bits per heavy atom. The van der Waals surface area contributed by atoms with Crippen molar-refractivity contribution in [3.05, 3.63) is 34.3 Å². The van der Waals surface area contributed by atoms with Crippen molar-refractivity contribution in [2.24, 2.45) is 0 Å². The molecule has 3 nitrogen and oxygen atoms in total. The van der Waals surface area contributed by atoms with Gasteiger partial charge < -0.3 is 10.2 Å². The van der Waals surface area contributed by atoms with E-state index in [9.17, 15) is 4.79 Å². The first kappa shape index (κ1) is 16.3. The quantitative estimate of drug-likeness (QED) is 0.911. The van der Waals surface area contributed by atoms with Crippen LogP contribution in [0.4, 0.5) is 0 Å². The van der Waals surface area contributed by atoms with Crippen LogP contribution in [-0.4, -0.2) is 37.0 Å². The Hall–Kier alpha value is -0.770. The van der Waals surface area contributed by atoms with Crippen molar-refractivity contribution in [3.63, 3.8) is 0 Å². The highest BCUT2D eigenvalue weighted by Gasteiger charge is 2.22. The number of rotatable bonds is 2. The molecule has 0 aromatic heterocycles. The number of piperidine rings is 1. The second-order valence-corrected chi connectivity index (χ2v) is 5.27. The molecule has 1 saturated heterocycles. The molecular formula is C14H20Cl2N2O. The molecule has 0 atom stereocenters. The van der Waals surface area contributed by atoms with Gasteiger partial charge in [0.15, 0.2) is 0 Å². The molecule has 1 aromatic carbocycles. The summed E-state index contributed by atoms with van der Waals surface area (Å²) in [5.41, 5.74) is 1.67. The van der Waals surface area contributed by atoms with Gasteiger partial charge in [-0.25, -0.2) is 0 Å². The highest BCUT2D eigenvalue weighted by atomic mass is 35.5. The van der Waals surface area contributed by atoms with E-state index in [1.54, 1.807) is 6.07 Å². The smallest absolute Gasteiger partial charge is 0.253 e. The normalized spacial score (nSPS) is 15.7. The third kappa shape index (κ3) is 3.85. The van der Waals surface area contributed by atoms with Crippen LogP contribution in [0, 0.1) is 6.92 Å². The molecule has 0 saturated carbocycles. The van der Waals surface area contributed by atoms with Crippen LogP contribution in [0.1, 0.15) is 28.8 Å². The Morgan fingerprint density at radius 2 is 2.00 bits per heavy atom. The van der Waals surface area contributed by atoms with Gasteiger partial charge in [0.1, 0.15) is 0 Å². The van der Waals surface area contributed by atoms with E-state index in [0.717, 1.165) is 31.5 Å². The van der Waals surface area contributed by atoms with E-state index >= 15 is 0 Å². The minimum atomic E-state index is 0. The first-order valence-corrected chi connectivity index (χ1v) is 6.71. The molecule has 1 N–H and O–H groups in total. The highest BCUT2D eigenvalue weighted by molar-refractivity contribution is 6.31. The maximum absolute atomic E-state index is 12.4. The number of aryl methyl sites for hydroxylation is 1. The Balaban J connectivity index is 0.00000180. The van der Waals surface area contributed by atoms with Crippen LogP contribution in [0.15, 0.2) is 18.2 Å². The van der Waals surface area contributed by atoms with Crippen molar-refractivity contribution in [1.82, 2.24) is 10.2 Å². The Bertz CT molecular complexity index is 445. The highest BCUT2D eigenvalue weighted by Crippen LogP contribution is 2.19. The van der Waals surface area contributed by atoms with Crippen molar-refractivity contribution >= 4 is 29.9 Å². The second kappa shape index (κ2) is 7.13. The molecule has 19 heavy (non-hydrogen) atoms. The number of carbonyl (C=O) groups excluding carboxylic acids is 1. The largest absolute Gasteiger partial charge is 0.339 e. The van der Waals surface area contributed by atoms with Crippen molar-refractivity contribution < 1.29 is 4.79 Å². The minimum Gasteiger partial charge on any atom is -0.339 e. The topological polar surface area (TPSA) is 32.3 Å². The van der Waals surface area contributed by atoms with E-state index in [2.05, 4.69) is 5.32 Å². The van der Waals surface area contributed by atoms with Crippen LogP contribution in [0.5, 0.6) is 0 Å². The maximum atomic E-state index is 12.4. The molecule has 106 valence electrons. The molecule has 1 amide bonds. The first-order valence-electron chi connectivity index (χ1n) is 6.33. The number of benzene rings is 1. The number of carbonyl (C=O) groups is 1. The average Bonchev–Trinajstić information content (AvgIpc) is 2.41. The SMILES string of the molecule is Cc1ccc(C(=O)N(C)C2CCNCC2)cc1Cl.Cl. The fourth-order valence-corrected chi connectivity index (χ4v) is 2.47. The molecule has 1 heterocycles. The number of hydrogen-bond donors (Lipinski definition) is 1. The van der Waals surface area contributed by atoms with Crippen LogP contribution >= 0.6 is 24.0 Å². The molecule has 1 aliphatic rings. The van der Waals surface area contributed by atoms with Gasteiger partial charge in [-0.1, -0.05) is 17.7 Å². The summed E-state index contributed by atoms with van der Waals surface area (Å²) >= 11 is 6.07. The molecule has 2 rings (SSSR count). The lowest BCUT2D eigenvalue weighted by atomic mass is 10.0. The minimum absolute atomic E-state index is 0. The predicted octanol–water partition coefficient (Wildman–Crippen LogP) is 2.89. The molecule has 0 bridgehead atoms. The lowest BCUT2D eigenvalue weighted by Crippen LogP contribution is -2.43. The van der Waals surface area contributed by atoms with E-state index < -0.39 is 0 Å². The fourth-order valence-electron chi connectivity index (χ4n) is 2.29. The standard InChI is InChI=1S/C14H19ClN2O.ClH/c1-10-3-4-11(9-13(10)15)14(18)17(2)12-5-7-16-8-6-12;/h3-4,9,12,16H,5-8H2,1-2H3;1H. The zero-order chi connectivity index (χ0) is 13.1. The summed E-state index contributed by atoms with van der Waals surface area (Å²) in [7, 11) is 1.88. The van der Waals surface area contributed by atoms with Gasteiger partial charge in [-0.2, -0.15) is 0 Å². The van der Waals surface area contributed by atoms with Gasteiger partial charge in [0.05, 0.1) is 0 Å². The molecule has 5 heteroatoms. The Kier molecular flexibility index (Phi) is 6.11. The third-order valence-electron chi connectivity index (χ3n) is 3.60. The average molecular weight is 303 g/mol. The molecule has 0 spiro atoms. The number of halogens is 2. The zero-order valence-electron chi connectivity index (χ0n) is 11.3. The summed E-state index contributed by atoms with van der Waals surface area (Å²) in [6, 6.07) is 5.84. The molecular weight excluding hydrogens is 283 g/mol. The van der Waals surface area contributed by atoms with Crippen LogP contribution in [-0.2, 0) is 0 Å². The van der Waals surface area contributed by atoms with Gasteiger partial charge in [-0.15, -0.1) is 12.4 Å². The maximum Gasteiger partial charge on any atom is 0.253 e. The predicted molar refractivity (Wildman–Crippen MR) is 81.4 cm³/mol. The summed E-state index contributed by atoms with van der Waals surface area (Å²) in [6.45, 7) is 3.90. The van der Waals surface area contributed by atoms with E-state index in [-0.39, 0.29) is 18.3 Å². The summed E-state index contributed by atoms with van der Waals surface area (Å²) in [4.78, 5) is 14.2. The third-order valence-corrected chi connectivity index (χ3v) is 4.00. The van der Waals surface area contributed by atoms with Crippen LogP contribution in [0.25, 0.3) is 0 Å². The van der Waals surface area contributed by atoms with Gasteiger partial charge in [-0.3, -0.25) is 4.79 Å². The Labute approximate surface area is 125 Å². The van der Waals surface area contributed by atoms with E-state index in [0.29, 0.717) is 16.6 Å². The number of nitrogens with one attached hydrogen (secondary N) is 1. The van der Waals surface area contributed by atoms with Gasteiger partial charge in [0, 0.05) is 23.7 Å². The monoisotopic (exact) mass is 302 g/mol. The Morgan fingerprint density at radius 1 is 1.37 bits per heavy atom. The van der Waals surface area contributed by atoms with Gasteiger partial charge >= 0.3 is 0 Å². The summed E-state index contributed by atoms with van der Waals surface area (Å²) < 4.78 is 0. The fraction of sp³-hybridized carbons (Fsp3) is 0.500. The van der Waals surface area contributed by atoms with E-state index in [1.807, 2.05) is 31.0 Å². The molecule has 0 radical (unpaired) electrons. The molecule has 1 aliphatic heterocycles. The number of nitrogens with zero attached hydrogens (tertiary/aromatic N) is 1. The molecule has 0 unspecified atom stereocenters. The van der Waals surface area contributed by atoms with Crippen LogP contribution in [0.2, 0.25) is 5.02 Å². The molecule has 1 fully saturated rings. The first-order chi connectivity index (χ1) is 8.59. The zero-order valence-corrected chi connectivity index (χ0v) is 12.9. The second-order valence-electron chi connectivity index (χ2n) is 4.86.